The minimum Gasteiger partial charge on any atom is -0.497 e. The number of nitrogens with zero attached hydrogens (tertiary/aromatic N) is 2. The zero-order valence-corrected chi connectivity index (χ0v) is 15.9. The number of nitrogens with one attached hydrogen (secondary N) is 1. The van der Waals surface area contributed by atoms with Crippen molar-refractivity contribution >= 4 is 18.2 Å². The molecule has 0 aromatic heterocycles. The Morgan fingerprint density at radius 3 is 2.26 bits per heavy atom. The summed E-state index contributed by atoms with van der Waals surface area (Å²) < 4.78 is 5.14. The molecule has 1 aliphatic rings. The summed E-state index contributed by atoms with van der Waals surface area (Å²) in [5.74, 6) is 0.693. The highest BCUT2D eigenvalue weighted by molar-refractivity contribution is 6.07. The van der Waals surface area contributed by atoms with Crippen LogP contribution in [0.5, 0.6) is 5.75 Å². The summed E-state index contributed by atoms with van der Waals surface area (Å²) in [5.41, 5.74) is 1.54. The molecule has 6 nitrogen and oxygen atoms in total. The minimum absolute atomic E-state index is 0.423. The van der Waals surface area contributed by atoms with Gasteiger partial charge >= 0.3 is 6.03 Å². The number of amides is 3. The van der Waals surface area contributed by atoms with Gasteiger partial charge in [-0.05, 0) is 41.7 Å². The fraction of sp³-hybridized carbons (Fsp3) is 0.286. The number of rotatable bonds is 5. The fourth-order valence-electron chi connectivity index (χ4n) is 2.94. The molecule has 27 heavy (non-hydrogen) atoms. The lowest BCUT2D eigenvalue weighted by molar-refractivity contribution is -0.131. The summed E-state index contributed by atoms with van der Waals surface area (Å²) in [7, 11) is 1.57. The first-order valence-corrected chi connectivity index (χ1v) is 8.80. The first kappa shape index (κ1) is 18.6. The molecule has 6 heteroatoms. The number of imide groups is 1. The molecular weight excluding hydrogens is 342 g/mol. The number of ether oxygens (including phenoxy) is 1. The van der Waals surface area contributed by atoms with Crippen molar-refractivity contribution in [1.82, 2.24) is 10.3 Å². The molecule has 2 aromatic carbocycles. The average Bonchev–Trinajstić information content (AvgIpc) is 2.90. The summed E-state index contributed by atoms with van der Waals surface area (Å²) in [6.45, 7) is 5.91. The number of benzene rings is 2. The van der Waals surface area contributed by atoms with Crippen LogP contribution in [0.2, 0.25) is 0 Å². The maximum Gasteiger partial charge on any atom is 0.346 e. The summed E-state index contributed by atoms with van der Waals surface area (Å²) in [6.07, 6.45) is 1.52. The van der Waals surface area contributed by atoms with E-state index in [1.807, 2.05) is 24.3 Å². The predicted octanol–water partition coefficient (Wildman–Crippen LogP) is 3.62. The Balaban J connectivity index is 1.80. The molecule has 0 spiro atoms. The lowest BCUT2D eigenvalue weighted by Gasteiger charge is -2.21. The van der Waals surface area contributed by atoms with E-state index in [-0.39, 0.29) is 0 Å². The maximum absolute atomic E-state index is 12.9. The molecule has 0 aliphatic carbocycles. The van der Waals surface area contributed by atoms with Gasteiger partial charge in [0.25, 0.3) is 5.91 Å². The summed E-state index contributed by atoms with van der Waals surface area (Å²) in [5, 5.41) is 7.71. The quantitative estimate of drug-likeness (QED) is 0.650. The van der Waals surface area contributed by atoms with E-state index in [2.05, 4.69) is 24.3 Å². The highest BCUT2D eigenvalue weighted by atomic mass is 16.5. The van der Waals surface area contributed by atoms with Crippen LogP contribution < -0.4 is 10.1 Å². The number of hydrogen-bond acceptors (Lipinski definition) is 4. The van der Waals surface area contributed by atoms with Crippen molar-refractivity contribution < 1.29 is 14.3 Å². The fourth-order valence-corrected chi connectivity index (χ4v) is 2.94. The highest BCUT2D eigenvalue weighted by Gasteiger charge is 2.49. The van der Waals surface area contributed by atoms with E-state index < -0.39 is 17.5 Å². The highest BCUT2D eigenvalue weighted by Crippen LogP contribution is 2.30. The lowest BCUT2D eigenvalue weighted by atomic mass is 9.92. The van der Waals surface area contributed by atoms with Gasteiger partial charge in [-0.15, -0.1) is 5.01 Å². The van der Waals surface area contributed by atoms with Crippen LogP contribution in [0.25, 0.3) is 0 Å². The van der Waals surface area contributed by atoms with E-state index in [0.717, 1.165) is 10.6 Å². The predicted molar refractivity (Wildman–Crippen MR) is 104 cm³/mol. The van der Waals surface area contributed by atoms with Crippen molar-refractivity contribution in [3.8, 4) is 5.75 Å². The largest absolute Gasteiger partial charge is 0.497 e. The number of hydrazone groups is 1. The third-order valence-electron chi connectivity index (χ3n) is 4.76. The normalized spacial score (nSPS) is 19.8. The van der Waals surface area contributed by atoms with Gasteiger partial charge in [0.2, 0.25) is 0 Å². The van der Waals surface area contributed by atoms with Crippen molar-refractivity contribution in [2.75, 3.05) is 7.11 Å². The summed E-state index contributed by atoms with van der Waals surface area (Å²) >= 11 is 0. The van der Waals surface area contributed by atoms with Crippen molar-refractivity contribution in [1.29, 1.82) is 0 Å². The van der Waals surface area contributed by atoms with Crippen molar-refractivity contribution in [2.24, 2.45) is 5.10 Å². The molecule has 3 rings (SSSR count). The van der Waals surface area contributed by atoms with Gasteiger partial charge in [0.15, 0.2) is 0 Å². The van der Waals surface area contributed by atoms with Crippen LogP contribution in [-0.2, 0) is 10.3 Å². The molecule has 1 heterocycles. The Kier molecular flexibility index (Phi) is 4.99. The van der Waals surface area contributed by atoms with Crippen LogP contribution in [0.15, 0.2) is 53.6 Å². The molecule has 0 saturated carbocycles. The molecule has 1 N–H and O–H groups in total. The van der Waals surface area contributed by atoms with Crippen LogP contribution in [0, 0.1) is 0 Å². The van der Waals surface area contributed by atoms with Gasteiger partial charge in [0.05, 0.1) is 13.3 Å². The molecule has 1 fully saturated rings. The monoisotopic (exact) mass is 365 g/mol. The van der Waals surface area contributed by atoms with Gasteiger partial charge in [0, 0.05) is 0 Å². The van der Waals surface area contributed by atoms with Gasteiger partial charge in [-0.25, -0.2) is 4.79 Å². The second kappa shape index (κ2) is 7.23. The van der Waals surface area contributed by atoms with E-state index in [1.54, 1.807) is 38.3 Å². The van der Waals surface area contributed by atoms with Gasteiger partial charge in [0.1, 0.15) is 11.3 Å². The number of carbonyl (C=O) groups excluding carboxylic acids is 2. The average molecular weight is 365 g/mol. The number of urea groups is 1. The standard InChI is InChI=1S/C21H23N3O3/c1-14(2)16-7-5-15(6-8-16)13-22-24-19(25)21(3,23-20(24)26)17-9-11-18(27-4)12-10-17/h5-14H,1-4H3,(H,23,26)/b22-13+. The molecule has 1 saturated heterocycles. The maximum atomic E-state index is 12.9. The number of hydrogen-bond donors (Lipinski definition) is 1. The zero-order chi connectivity index (χ0) is 19.6. The van der Waals surface area contributed by atoms with Crippen LogP contribution in [-0.4, -0.2) is 30.3 Å². The Morgan fingerprint density at radius 1 is 1.07 bits per heavy atom. The van der Waals surface area contributed by atoms with Gasteiger partial charge in [-0.3, -0.25) is 4.79 Å². The van der Waals surface area contributed by atoms with Crippen LogP contribution in [0.4, 0.5) is 4.79 Å². The summed E-state index contributed by atoms with van der Waals surface area (Å²) in [4.78, 5) is 25.2. The van der Waals surface area contributed by atoms with Crippen molar-refractivity contribution in [2.45, 2.75) is 32.2 Å². The molecule has 1 atom stereocenters. The summed E-state index contributed by atoms with van der Waals surface area (Å²) in [6, 6.07) is 14.3. The van der Waals surface area contributed by atoms with E-state index in [1.165, 1.54) is 11.8 Å². The van der Waals surface area contributed by atoms with E-state index in [0.29, 0.717) is 17.2 Å². The molecule has 3 amide bonds. The molecule has 140 valence electrons. The lowest BCUT2D eigenvalue weighted by Crippen LogP contribution is -2.40. The van der Waals surface area contributed by atoms with Crippen LogP contribution in [0.1, 0.15) is 43.4 Å². The molecule has 1 aliphatic heterocycles. The first-order valence-electron chi connectivity index (χ1n) is 8.80. The molecule has 1 unspecified atom stereocenters. The third-order valence-corrected chi connectivity index (χ3v) is 4.76. The third kappa shape index (κ3) is 3.56. The van der Waals surface area contributed by atoms with E-state index >= 15 is 0 Å². The van der Waals surface area contributed by atoms with E-state index in [4.69, 9.17) is 4.74 Å². The van der Waals surface area contributed by atoms with Crippen LogP contribution >= 0.6 is 0 Å². The van der Waals surface area contributed by atoms with Crippen LogP contribution in [0.3, 0.4) is 0 Å². The Bertz CT molecular complexity index is 873. The molecule has 0 bridgehead atoms. The Hall–Kier alpha value is -3.15. The van der Waals surface area contributed by atoms with Gasteiger partial charge < -0.3 is 10.1 Å². The second-order valence-corrected chi connectivity index (χ2v) is 6.97. The zero-order valence-electron chi connectivity index (χ0n) is 15.9. The Labute approximate surface area is 158 Å². The topological polar surface area (TPSA) is 71.0 Å². The van der Waals surface area contributed by atoms with E-state index in [9.17, 15) is 9.59 Å². The molecule has 2 aromatic rings. The first-order chi connectivity index (χ1) is 12.8. The van der Waals surface area contributed by atoms with Crippen molar-refractivity contribution in [3.05, 3.63) is 65.2 Å². The number of methoxy groups -OCH3 is 1. The Morgan fingerprint density at radius 2 is 1.70 bits per heavy atom. The molecule has 0 radical (unpaired) electrons. The SMILES string of the molecule is COc1ccc(C2(C)NC(=O)N(/N=C/c3ccc(C(C)C)cc3)C2=O)cc1. The van der Waals surface area contributed by atoms with Gasteiger partial charge in [-0.2, -0.15) is 5.10 Å². The molecular formula is C21H23N3O3. The second-order valence-electron chi connectivity index (χ2n) is 6.97. The van der Waals surface area contributed by atoms with Crippen molar-refractivity contribution in [3.63, 3.8) is 0 Å². The minimum atomic E-state index is -1.16. The number of carbonyl (C=O) groups is 2. The smallest absolute Gasteiger partial charge is 0.346 e. The van der Waals surface area contributed by atoms with Gasteiger partial charge in [-0.1, -0.05) is 50.2 Å².